The van der Waals surface area contributed by atoms with Crippen molar-refractivity contribution in [3.8, 4) is 5.69 Å². The van der Waals surface area contributed by atoms with Gasteiger partial charge >= 0.3 is 6.18 Å². The summed E-state index contributed by atoms with van der Waals surface area (Å²) in [5.74, 6) is -0.367. The topological polar surface area (TPSA) is 28.5 Å². The highest BCUT2D eigenvalue weighted by atomic mass is 19.4. The van der Waals surface area contributed by atoms with E-state index in [1.807, 2.05) is 29.1 Å². The molecule has 3 rings (SSSR count). The van der Waals surface area contributed by atoms with E-state index in [9.17, 15) is 18.0 Å². The molecule has 1 aliphatic heterocycles. The molecule has 2 aromatic rings. The molecule has 134 valence electrons. The number of nitrogens with zero attached hydrogens (tertiary/aromatic N) is 3. The van der Waals surface area contributed by atoms with Gasteiger partial charge in [0, 0.05) is 42.8 Å². The second kappa shape index (κ2) is 6.55. The van der Waals surface area contributed by atoms with Crippen molar-refractivity contribution < 1.29 is 18.0 Å². The van der Waals surface area contributed by atoms with Crippen LogP contribution in [0.15, 0.2) is 48.8 Å². The summed E-state index contributed by atoms with van der Waals surface area (Å²) in [5, 5.41) is 0. The fourth-order valence-electron chi connectivity index (χ4n) is 3.13. The number of rotatable bonds is 2. The summed E-state index contributed by atoms with van der Waals surface area (Å²) in [5.41, 5.74) is 1.29. The molecular weight excluding hydrogens is 331 g/mol. The summed E-state index contributed by atoms with van der Waals surface area (Å²) >= 11 is 0. The van der Waals surface area contributed by atoms with Gasteiger partial charge in [-0.05, 0) is 50.4 Å². The van der Waals surface area contributed by atoms with Crippen LogP contribution in [0.2, 0.25) is 0 Å². The first-order valence-electron chi connectivity index (χ1n) is 8.08. The molecule has 0 radical (unpaired) electrons. The minimum atomic E-state index is -4.36. The highest BCUT2D eigenvalue weighted by molar-refractivity contribution is 5.94. The van der Waals surface area contributed by atoms with Gasteiger partial charge in [-0.2, -0.15) is 13.2 Å². The standard InChI is InChI=1S/C18H20F3N3O/c1-13-11-24(12-16(22(13)2)18(19,20)21)17(25)14-5-7-15(8-6-14)23-9-3-4-10-23/h3-10,13,16H,11-12H2,1-2H3. The molecule has 1 fully saturated rings. The fourth-order valence-corrected chi connectivity index (χ4v) is 3.13. The zero-order valence-electron chi connectivity index (χ0n) is 14.1. The zero-order chi connectivity index (χ0) is 18.2. The summed E-state index contributed by atoms with van der Waals surface area (Å²) in [6.07, 6.45) is -0.597. The third-order valence-corrected chi connectivity index (χ3v) is 4.75. The van der Waals surface area contributed by atoms with Crippen LogP contribution in [0.5, 0.6) is 0 Å². The first-order chi connectivity index (χ1) is 11.8. The zero-order valence-corrected chi connectivity index (χ0v) is 14.1. The number of likely N-dealkylation sites (N-methyl/N-ethyl adjacent to an activating group) is 1. The average molecular weight is 351 g/mol. The van der Waals surface area contributed by atoms with Gasteiger partial charge in [0.05, 0.1) is 0 Å². The normalized spacial score (nSPS) is 22.2. The lowest BCUT2D eigenvalue weighted by Gasteiger charge is -2.44. The first-order valence-corrected chi connectivity index (χ1v) is 8.08. The largest absolute Gasteiger partial charge is 0.405 e. The second-order valence-corrected chi connectivity index (χ2v) is 6.42. The first kappa shape index (κ1) is 17.5. The molecule has 2 heterocycles. The van der Waals surface area contributed by atoms with Crippen LogP contribution in [-0.2, 0) is 0 Å². The van der Waals surface area contributed by atoms with Crippen LogP contribution in [0.1, 0.15) is 17.3 Å². The highest BCUT2D eigenvalue weighted by Crippen LogP contribution is 2.29. The quantitative estimate of drug-likeness (QED) is 0.831. The van der Waals surface area contributed by atoms with Crippen molar-refractivity contribution in [2.75, 3.05) is 20.1 Å². The van der Waals surface area contributed by atoms with E-state index in [-0.39, 0.29) is 25.0 Å². The van der Waals surface area contributed by atoms with Gasteiger partial charge < -0.3 is 9.47 Å². The number of hydrogen-bond donors (Lipinski definition) is 0. The maximum absolute atomic E-state index is 13.2. The van der Waals surface area contributed by atoms with Crippen molar-refractivity contribution in [3.05, 3.63) is 54.4 Å². The number of halogens is 3. The van der Waals surface area contributed by atoms with Crippen molar-refractivity contribution in [2.45, 2.75) is 25.2 Å². The number of carbonyl (C=O) groups excluding carboxylic acids is 1. The number of aromatic nitrogens is 1. The fraction of sp³-hybridized carbons (Fsp3) is 0.389. The van der Waals surface area contributed by atoms with E-state index < -0.39 is 12.2 Å². The van der Waals surface area contributed by atoms with Crippen LogP contribution in [-0.4, -0.2) is 58.7 Å². The van der Waals surface area contributed by atoms with Gasteiger partial charge in [0.25, 0.3) is 5.91 Å². The van der Waals surface area contributed by atoms with Gasteiger partial charge in [0.15, 0.2) is 0 Å². The van der Waals surface area contributed by atoms with E-state index in [4.69, 9.17) is 0 Å². The number of piperazine rings is 1. The van der Waals surface area contributed by atoms with E-state index in [1.165, 1.54) is 16.8 Å². The molecule has 25 heavy (non-hydrogen) atoms. The van der Waals surface area contributed by atoms with Gasteiger partial charge in [0.1, 0.15) is 6.04 Å². The van der Waals surface area contributed by atoms with E-state index in [0.717, 1.165) is 5.69 Å². The summed E-state index contributed by atoms with van der Waals surface area (Å²) in [7, 11) is 1.45. The highest BCUT2D eigenvalue weighted by Gasteiger charge is 2.47. The molecular formula is C18H20F3N3O. The Morgan fingerprint density at radius 2 is 1.68 bits per heavy atom. The van der Waals surface area contributed by atoms with Crippen LogP contribution < -0.4 is 0 Å². The van der Waals surface area contributed by atoms with Crippen molar-refractivity contribution in [3.63, 3.8) is 0 Å². The summed E-state index contributed by atoms with van der Waals surface area (Å²) in [6.45, 7) is 1.64. The molecule has 1 amide bonds. The minimum absolute atomic E-state index is 0.279. The Morgan fingerprint density at radius 3 is 2.24 bits per heavy atom. The van der Waals surface area contributed by atoms with Crippen molar-refractivity contribution in [1.29, 1.82) is 0 Å². The van der Waals surface area contributed by atoms with Gasteiger partial charge in [-0.3, -0.25) is 9.69 Å². The molecule has 0 spiro atoms. The summed E-state index contributed by atoms with van der Waals surface area (Å²) in [6, 6.07) is 8.67. The molecule has 2 atom stereocenters. The minimum Gasteiger partial charge on any atom is -0.335 e. The third-order valence-electron chi connectivity index (χ3n) is 4.75. The summed E-state index contributed by atoms with van der Waals surface area (Å²) < 4.78 is 41.6. The molecule has 4 nitrogen and oxygen atoms in total. The molecule has 1 aromatic heterocycles. The van der Waals surface area contributed by atoms with Crippen molar-refractivity contribution in [2.24, 2.45) is 0 Å². The van der Waals surface area contributed by atoms with Crippen molar-refractivity contribution >= 4 is 5.91 Å². The maximum atomic E-state index is 13.2. The lowest BCUT2D eigenvalue weighted by atomic mass is 10.1. The van der Waals surface area contributed by atoms with Gasteiger partial charge in [-0.1, -0.05) is 0 Å². The van der Waals surface area contributed by atoms with E-state index in [1.54, 1.807) is 31.2 Å². The summed E-state index contributed by atoms with van der Waals surface area (Å²) in [4.78, 5) is 15.2. The van der Waals surface area contributed by atoms with Crippen LogP contribution >= 0.6 is 0 Å². The lowest BCUT2D eigenvalue weighted by Crippen LogP contribution is -2.62. The van der Waals surface area contributed by atoms with Gasteiger partial charge in [-0.25, -0.2) is 0 Å². The number of amides is 1. The molecule has 0 bridgehead atoms. The Balaban J connectivity index is 1.78. The number of hydrogen-bond acceptors (Lipinski definition) is 2. The molecule has 2 unspecified atom stereocenters. The lowest BCUT2D eigenvalue weighted by molar-refractivity contribution is -0.197. The third kappa shape index (κ3) is 3.56. The molecule has 1 aliphatic rings. The van der Waals surface area contributed by atoms with Crippen LogP contribution in [0.25, 0.3) is 5.69 Å². The Labute approximate surface area is 144 Å². The van der Waals surface area contributed by atoms with E-state index in [0.29, 0.717) is 5.56 Å². The predicted molar refractivity (Wildman–Crippen MR) is 88.7 cm³/mol. The molecule has 1 saturated heterocycles. The van der Waals surface area contributed by atoms with Crippen molar-refractivity contribution in [1.82, 2.24) is 14.4 Å². The number of carbonyl (C=O) groups is 1. The van der Waals surface area contributed by atoms with E-state index in [2.05, 4.69) is 0 Å². The SMILES string of the molecule is CC1CN(C(=O)c2ccc(-n3cccc3)cc2)CC(C(F)(F)F)N1C. The molecule has 1 aromatic carbocycles. The Kier molecular flexibility index (Phi) is 4.60. The smallest absolute Gasteiger partial charge is 0.335 e. The monoisotopic (exact) mass is 351 g/mol. The second-order valence-electron chi connectivity index (χ2n) is 6.42. The molecule has 7 heteroatoms. The number of alkyl halides is 3. The van der Waals surface area contributed by atoms with Crippen LogP contribution in [0.3, 0.4) is 0 Å². The van der Waals surface area contributed by atoms with Gasteiger partial charge in [0.2, 0.25) is 0 Å². The van der Waals surface area contributed by atoms with Crippen LogP contribution in [0, 0.1) is 0 Å². The predicted octanol–water partition coefficient (Wildman–Crippen LogP) is 3.18. The Hall–Kier alpha value is -2.28. The Bertz CT molecular complexity index is 725. The average Bonchev–Trinajstić information content (AvgIpc) is 3.10. The van der Waals surface area contributed by atoms with E-state index >= 15 is 0 Å². The van der Waals surface area contributed by atoms with Crippen LogP contribution in [0.4, 0.5) is 13.2 Å². The van der Waals surface area contributed by atoms with Gasteiger partial charge in [-0.15, -0.1) is 0 Å². The maximum Gasteiger partial charge on any atom is 0.405 e. The molecule has 0 N–H and O–H groups in total. The molecule has 0 aliphatic carbocycles. The molecule has 0 saturated carbocycles. The Morgan fingerprint density at radius 1 is 1.08 bits per heavy atom. The number of benzene rings is 1.